The fourth-order valence-electron chi connectivity index (χ4n) is 6.32. The lowest BCUT2D eigenvalue weighted by atomic mass is 9.76. The molecule has 1 aromatic heterocycles. The van der Waals surface area contributed by atoms with Crippen LogP contribution in [0.5, 0.6) is 0 Å². The Labute approximate surface area is 180 Å². The number of aromatic nitrogens is 2. The average molecular weight is 415 g/mol. The molecule has 2 aliphatic carbocycles. The van der Waals surface area contributed by atoms with E-state index in [4.69, 9.17) is 9.51 Å². The SMILES string of the molecule is CN1CC2(CCN(C(=O)CCC3CCCCC3)CC2)CC1c1noc(C2CCC2)n1. The van der Waals surface area contributed by atoms with E-state index in [0.29, 0.717) is 17.2 Å². The van der Waals surface area contributed by atoms with Crippen molar-refractivity contribution in [1.82, 2.24) is 19.9 Å². The summed E-state index contributed by atoms with van der Waals surface area (Å²) >= 11 is 0. The van der Waals surface area contributed by atoms with Crippen LogP contribution in [0.15, 0.2) is 4.52 Å². The summed E-state index contributed by atoms with van der Waals surface area (Å²) in [7, 11) is 2.19. The summed E-state index contributed by atoms with van der Waals surface area (Å²) in [5, 5.41) is 4.35. The normalized spacial score (nSPS) is 28.2. The minimum absolute atomic E-state index is 0.260. The van der Waals surface area contributed by atoms with Crippen LogP contribution in [0.25, 0.3) is 0 Å². The Kier molecular flexibility index (Phi) is 5.87. The zero-order valence-corrected chi connectivity index (χ0v) is 18.7. The summed E-state index contributed by atoms with van der Waals surface area (Å²) in [4.78, 5) is 22.1. The minimum atomic E-state index is 0.260. The summed E-state index contributed by atoms with van der Waals surface area (Å²) in [6.45, 7) is 2.92. The second kappa shape index (κ2) is 8.60. The van der Waals surface area contributed by atoms with Gasteiger partial charge in [-0.1, -0.05) is 43.7 Å². The van der Waals surface area contributed by atoms with E-state index in [0.717, 1.165) is 69.4 Å². The molecule has 2 saturated carbocycles. The van der Waals surface area contributed by atoms with Gasteiger partial charge in [-0.25, -0.2) is 0 Å². The number of carbonyl (C=O) groups excluding carboxylic acids is 1. The molecule has 4 fully saturated rings. The largest absolute Gasteiger partial charge is 0.343 e. The van der Waals surface area contributed by atoms with Gasteiger partial charge in [0.15, 0.2) is 5.82 Å². The van der Waals surface area contributed by atoms with Gasteiger partial charge in [0, 0.05) is 32.0 Å². The van der Waals surface area contributed by atoms with E-state index in [-0.39, 0.29) is 6.04 Å². The monoisotopic (exact) mass is 414 g/mol. The van der Waals surface area contributed by atoms with Crippen LogP contribution in [-0.2, 0) is 4.79 Å². The number of amides is 1. The van der Waals surface area contributed by atoms with Gasteiger partial charge in [0.1, 0.15) is 0 Å². The molecule has 166 valence electrons. The Balaban J connectivity index is 1.13. The molecule has 30 heavy (non-hydrogen) atoms. The summed E-state index contributed by atoms with van der Waals surface area (Å²) in [5.41, 5.74) is 0.302. The van der Waals surface area contributed by atoms with E-state index < -0.39 is 0 Å². The second-order valence-corrected chi connectivity index (χ2v) is 10.7. The number of likely N-dealkylation sites (tertiary alicyclic amines) is 2. The third kappa shape index (κ3) is 4.17. The van der Waals surface area contributed by atoms with Crippen molar-refractivity contribution in [2.45, 2.75) is 95.4 Å². The molecule has 1 amide bonds. The molecule has 2 saturated heterocycles. The highest BCUT2D eigenvalue weighted by molar-refractivity contribution is 5.76. The van der Waals surface area contributed by atoms with Crippen molar-refractivity contribution in [3.05, 3.63) is 11.7 Å². The fraction of sp³-hybridized carbons (Fsp3) is 0.875. The summed E-state index contributed by atoms with van der Waals surface area (Å²) in [6.07, 6.45) is 15.6. The number of carbonyl (C=O) groups is 1. The zero-order chi connectivity index (χ0) is 20.6. The number of piperidine rings is 1. The Morgan fingerprint density at radius 2 is 1.87 bits per heavy atom. The standard InChI is InChI=1S/C24H38N4O2/c1-27-17-24(16-20(27)22-25-23(30-26-22)19-8-5-9-19)12-14-28(15-13-24)21(29)11-10-18-6-3-2-4-7-18/h18-20H,2-17H2,1H3. The Morgan fingerprint density at radius 1 is 1.10 bits per heavy atom. The van der Waals surface area contributed by atoms with Gasteiger partial charge in [0.05, 0.1) is 6.04 Å². The van der Waals surface area contributed by atoms with E-state index in [9.17, 15) is 4.79 Å². The van der Waals surface area contributed by atoms with Gasteiger partial charge in [-0.15, -0.1) is 0 Å². The van der Waals surface area contributed by atoms with Crippen LogP contribution in [0.3, 0.4) is 0 Å². The van der Waals surface area contributed by atoms with E-state index in [1.165, 1.54) is 51.4 Å². The summed E-state index contributed by atoms with van der Waals surface area (Å²) < 4.78 is 5.59. The molecule has 3 heterocycles. The molecule has 1 aromatic rings. The van der Waals surface area contributed by atoms with E-state index in [2.05, 4.69) is 22.0 Å². The number of nitrogens with zero attached hydrogens (tertiary/aromatic N) is 4. The topological polar surface area (TPSA) is 62.5 Å². The van der Waals surface area contributed by atoms with Crippen LogP contribution < -0.4 is 0 Å². The lowest BCUT2D eigenvalue weighted by Crippen LogP contribution is -2.44. The zero-order valence-electron chi connectivity index (χ0n) is 18.7. The van der Waals surface area contributed by atoms with E-state index in [1.54, 1.807) is 0 Å². The van der Waals surface area contributed by atoms with Crippen LogP contribution in [0.2, 0.25) is 0 Å². The highest BCUT2D eigenvalue weighted by Crippen LogP contribution is 2.48. The summed E-state index contributed by atoms with van der Waals surface area (Å²) in [5.74, 6) is 3.41. The van der Waals surface area contributed by atoms with Gasteiger partial charge in [-0.2, -0.15) is 4.98 Å². The van der Waals surface area contributed by atoms with Crippen molar-refractivity contribution in [3.8, 4) is 0 Å². The first kappa shape index (κ1) is 20.5. The molecule has 5 rings (SSSR count). The third-order valence-electron chi connectivity index (χ3n) is 8.62. The minimum Gasteiger partial charge on any atom is -0.343 e. The van der Waals surface area contributed by atoms with Gasteiger partial charge in [-0.3, -0.25) is 9.69 Å². The van der Waals surface area contributed by atoms with Gasteiger partial charge in [0.2, 0.25) is 11.8 Å². The molecule has 0 aromatic carbocycles. The Morgan fingerprint density at radius 3 is 2.57 bits per heavy atom. The predicted molar refractivity (Wildman–Crippen MR) is 115 cm³/mol. The maximum absolute atomic E-state index is 12.8. The molecule has 1 atom stereocenters. The van der Waals surface area contributed by atoms with Gasteiger partial charge in [0.25, 0.3) is 0 Å². The second-order valence-electron chi connectivity index (χ2n) is 10.7. The van der Waals surface area contributed by atoms with Gasteiger partial charge >= 0.3 is 0 Å². The van der Waals surface area contributed by atoms with Crippen molar-refractivity contribution >= 4 is 5.91 Å². The molecule has 0 N–H and O–H groups in total. The lowest BCUT2D eigenvalue weighted by Gasteiger charge is -2.39. The molecular weight excluding hydrogens is 376 g/mol. The Bertz CT molecular complexity index is 729. The van der Waals surface area contributed by atoms with Crippen molar-refractivity contribution < 1.29 is 9.32 Å². The van der Waals surface area contributed by atoms with Crippen LogP contribution in [0, 0.1) is 11.3 Å². The lowest BCUT2D eigenvalue weighted by molar-refractivity contribution is -0.133. The van der Waals surface area contributed by atoms with Crippen molar-refractivity contribution in [2.24, 2.45) is 11.3 Å². The number of hydrogen-bond acceptors (Lipinski definition) is 5. The summed E-state index contributed by atoms with van der Waals surface area (Å²) in [6, 6.07) is 0.260. The first-order chi connectivity index (χ1) is 14.6. The van der Waals surface area contributed by atoms with E-state index in [1.807, 2.05) is 0 Å². The number of rotatable bonds is 5. The molecule has 0 bridgehead atoms. The number of hydrogen-bond donors (Lipinski definition) is 0. The Hall–Kier alpha value is -1.43. The first-order valence-electron chi connectivity index (χ1n) is 12.4. The smallest absolute Gasteiger partial charge is 0.229 e. The maximum atomic E-state index is 12.8. The van der Waals surface area contributed by atoms with Gasteiger partial charge in [-0.05, 0) is 56.9 Å². The average Bonchev–Trinajstić information content (AvgIpc) is 3.31. The predicted octanol–water partition coefficient (Wildman–Crippen LogP) is 4.68. The molecule has 6 nitrogen and oxygen atoms in total. The van der Waals surface area contributed by atoms with Crippen LogP contribution in [0.1, 0.15) is 107 Å². The molecular formula is C24H38N4O2. The first-order valence-corrected chi connectivity index (χ1v) is 12.4. The van der Waals surface area contributed by atoms with E-state index >= 15 is 0 Å². The third-order valence-corrected chi connectivity index (χ3v) is 8.62. The highest BCUT2D eigenvalue weighted by atomic mass is 16.5. The van der Waals surface area contributed by atoms with Crippen molar-refractivity contribution in [3.63, 3.8) is 0 Å². The maximum Gasteiger partial charge on any atom is 0.229 e. The van der Waals surface area contributed by atoms with Gasteiger partial charge < -0.3 is 9.42 Å². The molecule has 1 unspecified atom stereocenters. The van der Waals surface area contributed by atoms with Crippen LogP contribution in [0.4, 0.5) is 0 Å². The van der Waals surface area contributed by atoms with Crippen LogP contribution in [-0.4, -0.2) is 52.5 Å². The quantitative estimate of drug-likeness (QED) is 0.700. The molecule has 0 radical (unpaired) electrons. The molecule has 4 aliphatic rings. The molecule has 6 heteroatoms. The highest BCUT2D eigenvalue weighted by Gasteiger charge is 2.46. The van der Waals surface area contributed by atoms with Crippen molar-refractivity contribution in [1.29, 1.82) is 0 Å². The molecule has 2 aliphatic heterocycles. The fourth-order valence-corrected chi connectivity index (χ4v) is 6.32. The van der Waals surface area contributed by atoms with Crippen molar-refractivity contribution in [2.75, 3.05) is 26.7 Å². The molecule has 1 spiro atoms. The van der Waals surface area contributed by atoms with Crippen LogP contribution >= 0.6 is 0 Å².